The Bertz CT molecular complexity index is 531. The maximum atomic E-state index is 12.1. The lowest BCUT2D eigenvalue weighted by Crippen LogP contribution is -1.98. The largest absolute Gasteiger partial charge is 0.294 e. The molecule has 0 N–H and O–H groups in total. The molecule has 106 valence electrons. The molecule has 0 unspecified atom stereocenters. The number of nitrogens with zero attached hydrogens (tertiary/aromatic N) is 2. The summed E-state index contributed by atoms with van der Waals surface area (Å²) in [5.41, 5.74) is 1.69. The van der Waals surface area contributed by atoms with Gasteiger partial charge in [0.15, 0.2) is 5.78 Å². The molecule has 20 heavy (non-hydrogen) atoms. The molecule has 1 aromatic heterocycles. The van der Waals surface area contributed by atoms with Gasteiger partial charge in [0, 0.05) is 12.6 Å². The van der Waals surface area contributed by atoms with Crippen LogP contribution in [0.3, 0.4) is 0 Å². The zero-order chi connectivity index (χ0) is 14.2. The fraction of sp³-hybridized carbons (Fsp3) is 0.412. The first-order valence-corrected chi connectivity index (χ1v) is 7.44. The highest BCUT2D eigenvalue weighted by Crippen LogP contribution is 2.12. The normalized spacial score (nSPS) is 10.7. The van der Waals surface area contributed by atoms with E-state index in [-0.39, 0.29) is 5.78 Å². The first-order valence-electron chi connectivity index (χ1n) is 7.44. The van der Waals surface area contributed by atoms with Crippen molar-refractivity contribution in [1.82, 2.24) is 9.78 Å². The minimum atomic E-state index is 0.198. The molecule has 0 bridgehead atoms. The number of unbranched alkanes of at least 4 members (excludes halogenated alkanes) is 4. The summed E-state index contributed by atoms with van der Waals surface area (Å²) in [6, 6.07) is 9.85. The van der Waals surface area contributed by atoms with Gasteiger partial charge < -0.3 is 0 Å². The standard InChI is InChI=1S/C17H22N2O/c1-2-3-4-5-9-12-17(20)15-13-18-19(14-15)16-10-7-6-8-11-16/h6-8,10-11,13-14H,2-5,9,12H2,1H3. The number of para-hydroxylation sites is 1. The number of hydrogen-bond acceptors (Lipinski definition) is 2. The maximum Gasteiger partial charge on any atom is 0.166 e. The van der Waals surface area contributed by atoms with Gasteiger partial charge in [-0.2, -0.15) is 5.10 Å². The number of carbonyl (C=O) groups excluding carboxylic acids is 1. The Hall–Kier alpha value is -1.90. The van der Waals surface area contributed by atoms with Gasteiger partial charge in [-0.05, 0) is 18.6 Å². The summed E-state index contributed by atoms with van der Waals surface area (Å²) < 4.78 is 1.75. The molecule has 0 amide bonds. The molecule has 0 aliphatic heterocycles. The molecule has 0 aliphatic carbocycles. The third-order valence-corrected chi connectivity index (χ3v) is 3.43. The number of Topliss-reactive ketones (excluding diaryl/α,β-unsaturated/α-hetero) is 1. The van der Waals surface area contributed by atoms with Gasteiger partial charge in [0.25, 0.3) is 0 Å². The lowest BCUT2D eigenvalue weighted by atomic mass is 10.1. The van der Waals surface area contributed by atoms with Crippen LogP contribution in [0.1, 0.15) is 55.8 Å². The Morgan fingerprint density at radius 3 is 2.60 bits per heavy atom. The van der Waals surface area contributed by atoms with Crippen molar-refractivity contribution in [2.75, 3.05) is 0 Å². The molecule has 3 heteroatoms. The van der Waals surface area contributed by atoms with E-state index in [2.05, 4.69) is 12.0 Å². The Labute approximate surface area is 120 Å². The van der Waals surface area contributed by atoms with Gasteiger partial charge in [0.1, 0.15) is 0 Å². The lowest BCUT2D eigenvalue weighted by Gasteiger charge is -2.00. The van der Waals surface area contributed by atoms with Gasteiger partial charge >= 0.3 is 0 Å². The minimum absolute atomic E-state index is 0.198. The molecule has 3 nitrogen and oxygen atoms in total. The van der Waals surface area contributed by atoms with Crippen molar-refractivity contribution in [1.29, 1.82) is 0 Å². The van der Waals surface area contributed by atoms with Crippen molar-refractivity contribution in [3.8, 4) is 5.69 Å². The highest BCUT2D eigenvalue weighted by Gasteiger charge is 2.09. The van der Waals surface area contributed by atoms with E-state index in [0.29, 0.717) is 12.0 Å². The summed E-state index contributed by atoms with van der Waals surface area (Å²) in [4.78, 5) is 12.1. The fourth-order valence-electron chi connectivity index (χ4n) is 2.22. The van der Waals surface area contributed by atoms with Crippen LogP contribution in [0.2, 0.25) is 0 Å². The number of carbonyl (C=O) groups is 1. The smallest absolute Gasteiger partial charge is 0.166 e. The molecule has 0 aliphatic rings. The van der Waals surface area contributed by atoms with E-state index in [4.69, 9.17) is 0 Å². The third kappa shape index (κ3) is 4.05. The van der Waals surface area contributed by atoms with Gasteiger partial charge in [-0.3, -0.25) is 4.79 Å². The molecule has 0 saturated heterocycles. The zero-order valence-electron chi connectivity index (χ0n) is 12.1. The quantitative estimate of drug-likeness (QED) is 0.526. The van der Waals surface area contributed by atoms with Crippen molar-refractivity contribution >= 4 is 5.78 Å². The summed E-state index contributed by atoms with van der Waals surface area (Å²) in [7, 11) is 0. The second-order valence-corrected chi connectivity index (χ2v) is 5.10. The fourth-order valence-corrected chi connectivity index (χ4v) is 2.22. The van der Waals surface area contributed by atoms with Crippen LogP contribution in [0.5, 0.6) is 0 Å². The number of rotatable bonds is 8. The second kappa shape index (κ2) is 7.63. The van der Waals surface area contributed by atoms with E-state index < -0.39 is 0 Å². The highest BCUT2D eigenvalue weighted by molar-refractivity contribution is 5.95. The van der Waals surface area contributed by atoms with Gasteiger partial charge in [-0.25, -0.2) is 4.68 Å². The first kappa shape index (κ1) is 14.5. The Morgan fingerprint density at radius 1 is 1.10 bits per heavy atom. The van der Waals surface area contributed by atoms with E-state index >= 15 is 0 Å². The topological polar surface area (TPSA) is 34.9 Å². The number of benzene rings is 1. The van der Waals surface area contributed by atoms with E-state index in [1.54, 1.807) is 10.9 Å². The van der Waals surface area contributed by atoms with Crippen LogP contribution in [0.25, 0.3) is 5.69 Å². The molecule has 1 aromatic carbocycles. The predicted octanol–water partition coefficient (Wildman–Crippen LogP) is 4.42. The van der Waals surface area contributed by atoms with Crippen LogP contribution in [0, 0.1) is 0 Å². The molecule has 0 saturated carbocycles. The third-order valence-electron chi connectivity index (χ3n) is 3.43. The van der Waals surface area contributed by atoms with Crippen molar-refractivity contribution in [2.24, 2.45) is 0 Å². The maximum absolute atomic E-state index is 12.1. The van der Waals surface area contributed by atoms with E-state index in [9.17, 15) is 4.79 Å². The van der Waals surface area contributed by atoms with E-state index in [1.165, 1.54) is 19.3 Å². The van der Waals surface area contributed by atoms with Crippen LogP contribution in [-0.2, 0) is 0 Å². The van der Waals surface area contributed by atoms with Crippen molar-refractivity contribution in [3.05, 3.63) is 48.3 Å². The first-order chi connectivity index (χ1) is 9.81. The molecule has 0 radical (unpaired) electrons. The minimum Gasteiger partial charge on any atom is -0.294 e. The van der Waals surface area contributed by atoms with Crippen LogP contribution < -0.4 is 0 Å². The molecule has 0 atom stereocenters. The molecule has 1 heterocycles. The average molecular weight is 270 g/mol. The average Bonchev–Trinajstić information content (AvgIpc) is 2.98. The van der Waals surface area contributed by atoms with Crippen LogP contribution in [0.15, 0.2) is 42.7 Å². The summed E-state index contributed by atoms with van der Waals surface area (Å²) in [6.45, 7) is 2.20. The van der Waals surface area contributed by atoms with Crippen molar-refractivity contribution < 1.29 is 4.79 Å². The van der Waals surface area contributed by atoms with Crippen LogP contribution in [0.4, 0.5) is 0 Å². The molecule has 2 aromatic rings. The Kier molecular flexibility index (Phi) is 5.54. The molecule has 0 fully saturated rings. The van der Waals surface area contributed by atoms with Gasteiger partial charge in [0.2, 0.25) is 0 Å². The summed E-state index contributed by atoms with van der Waals surface area (Å²) in [6.07, 6.45) is 9.97. The van der Waals surface area contributed by atoms with Crippen LogP contribution in [-0.4, -0.2) is 15.6 Å². The Morgan fingerprint density at radius 2 is 1.85 bits per heavy atom. The lowest BCUT2D eigenvalue weighted by molar-refractivity contribution is 0.0979. The van der Waals surface area contributed by atoms with Gasteiger partial charge in [0.05, 0.1) is 17.4 Å². The summed E-state index contributed by atoms with van der Waals surface area (Å²) >= 11 is 0. The second-order valence-electron chi connectivity index (χ2n) is 5.10. The van der Waals surface area contributed by atoms with Crippen LogP contribution >= 0.6 is 0 Å². The molecular weight excluding hydrogens is 248 g/mol. The number of hydrogen-bond donors (Lipinski definition) is 0. The highest BCUT2D eigenvalue weighted by atomic mass is 16.1. The molecule has 2 rings (SSSR count). The number of aromatic nitrogens is 2. The predicted molar refractivity (Wildman–Crippen MR) is 81.3 cm³/mol. The van der Waals surface area contributed by atoms with Crippen molar-refractivity contribution in [2.45, 2.75) is 45.4 Å². The monoisotopic (exact) mass is 270 g/mol. The summed E-state index contributed by atoms with van der Waals surface area (Å²) in [5.74, 6) is 0.198. The zero-order valence-corrected chi connectivity index (χ0v) is 12.1. The van der Waals surface area contributed by atoms with Gasteiger partial charge in [-0.15, -0.1) is 0 Å². The SMILES string of the molecule is CCCCCCCC(=O)c1cnn(-c2ccccc2)c1. The summed E-state index contributed by atoms with van der Waals surface area (Å²) in [5, 5.41) is 4.26. The molecule has 0 spiro atoms. The van der Waals surface area contributed by atoms with Gasteiger partial charge in [-0.1, -0.05) is 50.8 Å². The van der Waals surface area contributed by atoms with Crippen molar-refractivity contribution in [3.63, 3.8) is 0 Å². The van der Waals surface area contributed by atoms with E-state index in [0.717, 1.165) is 18.5 Å². The molecular formula is C17H22N2O. The number of ketones is 1. The Balaban J connectivity index is 1.87. The van der Waals surface area contributed by atoms with E-state index in [1.807, 2.05) is 36.5 Å².